The van der Waals surface area contributed by atoms with Crippen LogP contribution in [0.4, 0.5) is 4.39 Å². The SMILES string of the molecule is NCC(c1ccc(F)cc1)c1ncc[nH]1. The Morgan fingerprint density at radius 1 is 1.33 bits per heavy atom. The first kappa shape index (κ1) is 9.86. The lowest BCUT2D eigenvalue weighted by Gasteiger charge is -2.12. The number of nitrogens with two attached hydrogens (primary N) is 1. The van der Waals surface area contributed by atoms with Crippen LogP contribution in [0.15, 0.2) is 36.7 Å². The molecule has 15 heavy (non-hydrogen) atoms. The van der Waals surface area contributed by atoms with Crippen LogP contribution in [0.1, 0.15) is 17.3 Å². The van der Waals surface area contributed by atoms with Crippen LogP contribution >= 0.6 is 0 Å². The summed E-state index contributed by atoms with van der Waals surface area (Å²) in [5.74, 6) is 0.568. The first-order chi connectivity index (χ1) is 7.31. The maximum atomic E-state index is 12.7. The van der Waals surface area contributed by atoms with Crippen molar-refractivity contribution in [1.29, 1.82) is 0 Å². The zero-order chi connectivity index (χ0) is 10.7. The molecule has 0 radical (unpaired) electrons. The van der Waals surface area contributed by atoms with Crippen molar-refractivity contribution in [3.8, 4) is 0 Å². The molecule has 2 aromatic rings. The van der Waals surface area contributed by atoms with Gasteiger partial charge < -0.3 is 10.7 Å². The Hall–Kier alpha value is -1.68. The molecule has 0 aliphatic rings. The Morgan fingerprint density at radius 3 is 2.60 bits per heavy atom. The summed E-state index contributed by atoms with van der Waals surface area (Å²) >= 11 is 0. The number of rotatable bonds is 3. The van der Waals surface area contributed by atoms with Crippen molar-refractivity contribution < 1.29 is 4.39 Å². The maximum Gasteiger partial charge on any atom is 0.123 e. The molecule has 1 aromatic carbocycles. The van der Waals surface area contributed by atoms with Gasteiger partial charge in [-0.1, -0.05) is 12.1 Å². The Kier molecular flexibility index (Phi) is 2.78. The molecule has 4 heteroatoms. The summed E-state index contributed by atoms with van der Waals surface area (Å²) in [6.45, 7) is 0.444. The first-order valence-electron chi connectivity index (χ1n) is 4.76. The van der Waals surface area contributed by atoms with Gasteiger partial charge in [-0.05, 0) is 17.7 Å². The lowest BCUT2D eigenvalue weighted by atomic mass is 9.99. The highest BCUT2D eigenvalue weighted by Crippen LogP contribution is 2.20. The average Bonchev–Trinajstić information content (AvgIpc) is 2.75. The van der Waals surface area contributed by atoms with Gasteiger partial charge in [-0.15, -0.1) is 0 Å². The van der Waals surface area contributed by atoms with Crippen molar-refractivity contribution in [2.45, 2.75) is 5.92 Å². The third kappa shape index (κ3) is 2.05. The van der Waals surface area contributed by atoms with Gasteiger partial charge in [0, 0.05) is 18.9 Å². The van der Waals surface area contributed by atoms with E-state index in [1.807, 2.05) is 0 Å². The minimum absolute atomic E-state index is 0.000556. The van der Waals surface area contributed by atoms with E-state index in [-0.39, 0.29) is 11.7 Å². The molecule has 0 spiro atoms. The molecule has 3 N–H and O–H groups in total. The van der Waals surface area contributed by atoms with E-state index in [1.165, 1.54) is 12.1 Å². The van der Waals surface area contributed by atoms with Crippen LogP contribution in [0.5, 0.6) is 0 Å². The Bertz CT molecular complexity index is 408. The van der Waals surface area contributed by atoms with Gasteiger partial charge in [0.05, 0.1) is 5.92 Å². The van der Waals surface area contributed by atoms with E-state index in [0.717, 1.165) is 11.4 Å². The normalized spacial score (nSPS) is 12.7. The van der Waals surface area contributed by atoms with Crippen LogP contribution in [0.2, 0.25) is 0 Å². The van der Waals surface area contributed by atoms with E-state index in [1.54, 1.807) is 24.5 Å². The molecule has 0 aliphatic heterocycles. The van der Waals surface area contributed by atoms with Crippen molar-refractivity contribution in [2.24, 2.45) is 5.73 Å². The van der Waals surface area contributed by atoms with Gasteiger partial charge >= 0.3 is 0 Å². The van der Waals surface area contributed by atoms with Crippen molar-refractivity contribution in [2.75, 3.05) is 6.54 Å². The molecular formula is C11H12FN3. The van der Waals surface area contributed by atoms with Gasteiger partial charge in [0.1, 0.15) is 11.6 Å². The molecule has 0 saturated heterocycles. The van der Waals surface area contributed by atoms with Crippen molar-refractivity contribution >= 4 is 0 Å². The number of aromatic amines is 1. The van der Waals surface area contributed by atoms with E-state index in [2.05, 4.69) is 9.97 Å². The van der Waals surface area contributed by atoms with Gasteiger partial charge in [-0.2, -0.15) is 0 Å². The van der Waals surface area contributed by atoms with E-state index < -0.39 is 0 Å². The van der Waals surface area contributed by atoms with Gasteiger partial charge in [-0.25, -0.2) is 9.37 Å². The van der Waals surface area contributed by atoms with Gasteiger partial charge in [0.15, 0.2) is 0 Å². The molecule has 1 atom stereocenters. The number of nitrogens with zero attached hydrogens (tertiary/aromatic N) is 1. The van der Waals surface area contributed by atoms with E-state index >= 15 is 0 Å². The zero-order valence-corrected chi connectivity index (χ0v) is 8.15. The van der Waals surface area contributed by atoms with E-state index in [9.17, 15) is 4.39 Å². The van der Waals surface area contributed by atoms with Crippen LogP contribution in [-0.2, 0) is 0 Å². The molecule has 0 fully saturated rings. The fourth-order valence-electron chi connectivity index (χ4n) is 1.57. The smallest absolute Gasteiger partial charge is 0.123 e. The molecule has 2 rings (SSSR count). The Labute approximate surface area is 87.2 Å². The lowest BCUT2D eigenvalue weighted by Crippen LogP contribution is -2.15. The zero-order valence-electron chi connectivity index (χ0n) is 8.15. The largest absolute Gasteiger partial charge is 0.348 e. The van der Waals surface area contributed by atoms with Crippen LogP contribution in [-0.4, -0.2) is 16.5 Å². The number of nitrogens with one attached hydrogen (secondary N) is 1. The van der Waals surface area contributed by atoms with Crippen LogP contribution in [0.3, 0.4) is 0 Å². The van der Waals surface area contributed by atoms with Crippen LogP contribution in [0.25, 0.3) is 0 Å². The highest BCUT2D eigenvalue weighted by molar-refractivity contribution is 5.26. The third-order valence-corrected chi connectivity index (χ3v) is 2.36. The number of benzene rings is 1. The van der Waals surface area contributed by atoms with Gasteiger partial charge in [-0.3, -0.25) is 0 Å². The maximum absolute atomic E-state index is 12.7. The molecule has 0 amide bonds. The monoisotopic (exact) mass is 205 g/mol. The summed E-state index contributed by atoms with van der Waals surface area (Å²) in [4.78, 5) is 7.17. The number of H-pyrrole nitrogens is 1. The van der Waals surface area contributed by atoms with Crippen LogP contribution in [0, 0.1) is 5.82 Å². The second-order valence-corrected chi connectivity index (χ2v) is 3.31. The van der Waals surface area contributed by atoms with E-state index in [4.69, 9.17) is 5.73 Å². The summed E-state index contributed by atoms with van der Waals surface area (Å²) in [5, 5.41) is 0. The average molecular weight is 205 g/mol. The Balaban J connectivity index is 2.31. The van der Waals surface area contributed by atoms with Crippen molar-refractivity contribution in [3.63, 3.8) is 0 Å². The molecule has 3 nitrogen and oxygen atoms in total. The lowest BCUT2D eigenvalue weighted by molar-refractivity contribution is 0.625. The first-order valence-corrected chi connectivity index (χ1v) is 4.76. The minimum atomic E-state index is -0.242. The summed E-state index contributed by atoms with van der Waals surface area (Å²) in [6.07, 6.45) is 3.43. The molecule has 1 unspecified atom stereocenters. The second kappa shape index (κ2) is 4.23. The topological polar surface area (TPSA) is 54.7 Å². The molecule has 78 valence electrons. The Morgan fingerprint density at radius 2 is 2.07 bits per heavy atom. The second-order valence-electron chi connectivity index (χ2n) is 3.31. The number of imidazole rings is 1. The summed E-state index contributed by atoms with van der Waals surface area (Å²) in [6, 6.07) is 6.33. The van der Waals surface area contributed by atoms with Crippen LogP contribution < -0.4 is 5.73 Å². The predicted molar refractivity (Wildman–Crippen MR) is 55.9 cm³/mol. The summed E-state index contributed by atoms with van der Waals surface area (Å²) in [7, 11) is 0. The predicted octanol–water partition coefficient (Wildman–Crippen LogP) is 1.64. The standard InChI is InChI=1S/C11H12FN3/c12-9-3-1-8(2-4-9)10(7-13)11-14-5-6-15-11/h1-6,10H,7,13H2,(H,14,15). The molecule has 0 aliphatic carbocycles. The fourth-order valence-corrected chi connectivity index (χ4v) is 1.57. The van der Waals surface area contributed by atoms with Crippen molar-refractivity contribution in [3.05, 3.63) is 53.9 Å². The van der Waals surface area contributed by atoms with Gasteiger partial charge in [0.2, 0.25) is 0 Å². The summed E-state index contributed by atoms with van der Waals surface area (Å²) < 4.78 is 12.7. The molecule has 0 saturated carbocycles. The third-order valence-electron chi connectivity index (χ3n) is 2.36. The quantitative estimate of drug-likeness (QED) is 0.800. The van der Waals surface area contributed by atoms with Gasteiger partial charge in [0.25, 0.3) is 0 Å². The van der Waals surface area contributed by atoms with Crippen molar-refractivity contribution in [1.82, 2.24) is 9.97 Å². The number of hydrogen-bond donors (Lipinski definition) is 2. The number of hydrogen-bond acceptors (Lipinski definition) is 2. The highest BCUT2D eigenvalue weighted by atomic mass is 19.1. The number of aromatic nitrogens is 2. The minimum Gasteiger partial charge on any atom is -0.348 e. The summed E-state index contributed by atoms with van der Waals surface area (Å²) in [5.41, 5.74) is 6.65. The highest BCUT2D eigenvalue weighted by Gasteiger charge is 2.14. The molecular weight excluding hydrogens is 193 g/mol. The molecule has 0 bridgehead atoms. The fraction of sp³-hybridized carbons (Fsp3) is 0.182. The number of halogens is 1. The van der Waals surface area contributed by atoms with E-state index in [0.29, 0.717) is 6.54 Å². The molecule has 1 heterocycles. The molecule has 1 aromatic heterocycles.